The first-order valence-corrected chi connectivity index (χ1v) is 9.31. The number of thiophene rings is 1. The molecule has 7 heteroatoms. The standard InChI is InChI=1S/C16H24N4S2.HI/c1-4-13-10-18-15(22-13)11-20-16(17-3)19-9-12(2)8-14-6-5-7-21-14;/h5-7,10,12H,4,8-9,11H2,1-3H3,(H2,17,19,20);1H. The van der Waals surface area contributed by atoms with Crippen molar-refractivity contribution in [3.05, 3.63) is 38.5 Å². The first kappa shape index (κ1) is 20.4. The van der Waals surface area contributed by atoms with Crippen molar-refractivity contribution in [1.82, 2.24) is 15.6 Å². The van der Waals surface area contributed by atoms with Gasteiger partial charge < -0.3 is 10.6 Å². The second-order valence-electron chi connectivity index (χ2n) is 5.27. The number of thiazole rings is 1. The highest BCUT2D eigenvalue weighted by atomic mass is 127. The lowest BCUT2D eigenvalue weighted by Crippen LogP contribution is -2.39. The summed E-state index contributed by atoms with van der Waals surface area (Å²) in [6.45, 7) is 6.05. The zero-order valence-electron chi connectivity index (χ0n) is 13.8. The molecule has 2 N–H and O–H groups in total. The molecule has 2 rings (SSSR count). The fourth-order valence-electron chi connectivity index (χ4n) is 2.09. The number of guanidine groups is 1. The van der Waals surface area contributed by atoms with Gasteiger partial charge in [0.2, 0.25) is 0 Å². The third kappa shape index (κ3) is 7.17. The molecular weight excluding hydrogens is 439 g/mol. The first-order valence-electron chi connectivity index (χ1n) is 7.61. The van der Waals surface area contributed by atoms with Gasteiger partial charge in [0.15, 0.2) is 5.96 Å². The van der Waals surface area contributed by atoms with Crippen LogP contribution in [-0.2, 0) is 19.4 Å². The first-order chi connectivity index (χ1) is 10.7. The van der Waals surface area contributed by atoms with Crippen molar-refractivity contribution >= 4 is 52.6 Å². The monoisotopic (exact) mass is 464 g/mol. The Morgan fingerprint density at radius 1 is 1.35 bits per heavy atom. The summed E-state index contributed by atoms with van der Waals surface area (Å²) in [6.07, 6.45) is 4.11. The van der Waals surface area contributed by atoms with E-state index in [9.17, 15) is 0 Å². The molecule has 1 unspecified atom stereocenters. The number of rotatable bonds is 7. The Morgan fingerprint density at radius 2 is 2.17 bits per heavy atom. The number of hydrogen-bond donors (Lipinski definition) is 2. The third-order valence-corrected chi connectivity index (χ3v) is 5.37. The molecule has 23 heavy (non-hydrogen) atoms. The van der Waals surface area contributed by atoms with Crippen LogP contribution in [0.15, 0.2) is 28.7 Å². The molecule has 0 radical (unpaired) electrons. The van der Waals surface area contributed by atoms with E-state index >= 15 is 0 Å². The molecular formula is C16H25IN4S2. The van der Waals surface area contributed by atoms with Crippen LogP contribution < -0.4 is 10.6 Å². The van der Waals surface area contributed by atoms with Crippen LogP contribution in [0.2, 0.25) is 0 Å². The average molecular weight is 464 g/mol. The van der Waals surface area contributed by atoms with Gasteiger partial charge in [0.1, 0.15) is 5.01 Å². The zero-order valence-corrected chi connectivity index (χ0v) is 17.8. The SMILES string of the molecule is CCc1cnc(CNC(=NC)NCC(C)Cc2cccs2)s1.I. The summed E-state index contributed by atoms with van der Waals surface area (Å²) >= 11 is 3.58. The molecule has 2 aromatic heterocycles. The maximum Gasteiger partial charge on any atom is 0.191 e. The van der Waals surface area contributed by atoms with E-state index in [4.69, 9.17) is 0 Å². The Morgan fingerprint density at radius 3 is 2.78 bits per heavy atom. The van der Waals surface area contributed by atoms with Crippen molar-refractivity contribution < 1.29 is 0 Å². The van der Waals surface area contributed by atoms with E-state index in [2.05, 4.69) is 52.0 Å². The van der Waals surface area contributed by atoms with Crippen molar-refractivity contribution in [3.8, 4) is 0 Å². The van der Waals surface area contributed by atoms with Crippen LogP contribution in [0.4, 0.5) is 0 Å². The Labute approximate surface area is 163 Å². The molecule has 0 bridgehead atoms. The predicted octanol–water partition coefficient (Wildman–Crippen LogP) is 3.93. The van der Waals surface area contributed by atoms with E-state index in [1.54, 1.807) is 18.4 Å². The van der Waals surface area contributed by atoms with Gasteiger partial charge in [-0.05, 0) is 30.2 Å². The van der Waals surface area contributed by atoms with Crippen LogP contribution in [0.25, 0.3) is 0 Å². The summed E-state index contributed by atoms with van der Waals surface area (Å²) in [5, 5.41) is 9.96. The summed E-state index contributed by atoms with van der Waals surface area (Å²) in [7, 11) is 1.80. The minimum Gasteiger partial charge on any atom is -0.356 e. The number of halogens is 1. The number of nitrogens with zero attached hydrogens (tertiary/aromatic N) is 2. The number of aromatic nitrogens is 1. The van der Waals surface area contributed by atoms with Crippen LogP contribution >= 0.6 is 46.7 Å². The van der Waals surface area contributed by atoms with Crippen LogP contribution in [0.3, 0.4) is 0 Å². The molecule has 1 atom stereocenters. The zero-order chi connectivity index (χ0) is 15.8. The molecule has 0 aromatic carbocycles. The lowest BCUT2D eigenvalue weighted by Gasteiger charge is -2.15. The van der Waals surface area contributed by atoms with Crippen LogP contribution in [0.5, 0.6) is 0 Å². The fourth-order valence-corrected chi connectivity index (χ4v) is 3.76. The Hall–Kier alpha value is -0.670. The Bertz CT molecular complexity index is 581. The molecule has 0 aliphatic rings. The molecule has 0 aliphatic heterocycles. The highest BCUT2D eigenvalue weighted by Crippen LogP contribution is 2.14. The summed E-state index contributed by atoms with van der Waals surface area (Å²) in [5.41, 5.74) is 0. The minimum absolute atomic E-state index is 0. The smallest absolute Gasteiger partial charge is 0.191 e. The molecule has 0 spiro atoms. The Balaban J connectivity index is 0.00000264. The maximum atomic E-state index is 4.41. The molecule has 2 heterocycles. The Kier molecular flexibility index (Phi) is 9.73. The van der Waals surface area contributed by atoms with Crippen molar-refractivity contribution in [1.29, 1.82) is 0 Å². The number of aliphatic imine (C=N–C) groups is 1. The van der Waals surface area contributed by atoms with E-state index in [0.717, 1.165) is 36.9 Å². The summed E-state index contributed by atoms with van der Waals surface area (Å²) < 4.78 is 0. The van der Waals surface area contributed by atoms with Gasteiger partial charge in [0, 0.05) is 29.5 Å². The van der Waals surface area contributed by atoms with Gasteiger partial charge in [-0.3, -0.25) is 4.99 Å². The molecule has 4 nitrogen and oxygen atoms in total. The van der Waals surface area contributed by atoms with Crippen molar-refractivity contribution in [2.24, 2.45) is 10.9 Å². The van der Waals surface area contributed by atoms with E-state index in [-0.39, 0.29) is 24.0 Å². The normalized spacial score (nSPS) is 12.6. The quantitative estimate of drug-likeness (QED) is 0.371. The molecule has 0 aliphatic carbocycles. The molecule has 128 valence electrons. The highest BCUT2D eigenvalue weighted by Gasteiger charge is 2.07. The van der Waals surface area contributed by atoms with Crippen LogP contribution in [0.1, 0.15) is 28.6 Å². The molecule has 0 saturated carbocycles. The van der Waals surface area contributed by atoms with E-state index in [0.29, 0.717) is 5.92 Å². The van der Waals surface area contributed by atoms with E-state index in [1.165, 1.54) is 9.75 Å². The van der Waals surface area contributed by atoms with Gasteiger partial charge in [-0.2, -0.15) is 0 Å². The van der Waals surface area contributed by atoms with Gasteiger partial charge in [-0.1, -0.05) is 19.9 Å². The van der Waals surface area contributed by atoms with E-state index < -0.39 is 0 Å². The van der Waals surface area contributed by atoms with Gasteiger partial charge in [-0.15, -0.1) is 46.7 Å². The second-order valence-corrected chi connectivity index (χ2v) is 7.50. The summed E-state index contributed by atoms with van der Waals surface area (Å²) in [6, 6.07) is 4.31. The van der Waals surface area contributed by atoms with Crippen LogP contribution in [-0.4, -0.2) is 24.5 Å². The summed E-state index contributed by atoms with van der Waals surface area (Å²) in [5.74, 6) is 1.41. The minimum atomic E-state index is 0. The number of nitrogens with one attached hydrogen (secondary N) is 2. The lowest BCUT2D eigenvalue weighted by atomic mass is 10.1. The molecule has 0 saturated heterocycles. The van der Waals surface area contributed by atoms with Crippen LogP contribution in [0, 0.1) is 5.92 Å². The van der Waals surface area contributed by atoms with Crippen molar-refractivity contribution in [2.45, 2.75) is 33.2 Å². The number of hydrogen-bond acceptors (Lipinski definition) is 4. The van der Waals surface area contributed by atoms with Gasteiger partial charge >= 0.3 is 0 Å². The summed E-state index contributed by atoms with van der Waals surface area (Å²) in [4.78, 5) is 11.4. The fraction of sp³-hybridized carbons (Fsp3) is 0.500. The maximum absolute atomic E-state index is 4.41. The largest absolute Gasteiger partial charge is 0.356 e. The van der Waals surface area contributed by atoms with E-state index in [1.807, 2.05) is 17.5 Å². The van der Waals surface area contributed by atoms with Crippen molar-refractivity contribution in [2.75, 3.05) is 13.6 Å². The van der Waals surface area contributed by atoms with Gasteiger partial charge in [-0.25, -0.2) is 4.98 Å². The highest BCUT2D eigenvalue weighted by molar-refractivity contribution is 14.0. The third-order valence-electron chi connectivity index (χ3n) is 3.33. The second kappa shape index (κ2) is 11.0. The molecule has 2 aromatic rings. The van der Waals surface area contributed by atoms with Gasteiger partial charge in [0.05, 0.1) is 6.54 Å². The molecule has 0 amide bonds. The van der Waals surface area contributed by atoms with Crippen molar-refractivity contribution in [3.63, 3.8) is 0 Å². The average Bonchev–Trinajstić information content (AvgIpc) is 3.18. The number of aryl methyl sites for hydroxylation is 1. The molecule has 0 fully saturated rings. The topological polar surface area (TPSA) is 49.3 Å². The lowest BCUT2D eigenvalue weighted by molar-refractivity contribution is 0.562. The van der Waals surface area contributed by atoms with Gasteiger partial charge in [0.25, 0.3) is 0 Å². The predicted molar refractivity (Wildman–Crippen MR) is 112 cm³/mol.